The third-order valence-electron chi connectivity index (χ3n) is 7.94. The Morgan fingerprint density at radius 1 is 0.973 bits per heavy atom. The van der Waals surface area contributed by atoms with E-state index >= 15 is 0 Å². The Kier molecular flexibility index (Phi) is 5.60. The third kappa shape index (κ3) is 3.91. The Hall–Kier alpha value is -3.65. The number of para-hydroxylation sites is 1. The van der Waals surface area contributed by atoms with Crippen molar-refractivity contribution in [2.75, 3.05) is 29.5 Å². The van der Waals surface area contributed by atoms with Crippen LogP contribution in [0.4, 0.5) is 24.5 Å². The molecule has 1 fully saturated rings. The number of nitrogens with zero attached hydrogens (tertiary/aromatic N) is 4. The first-order chi connectivity index (χ1) is 17.8. The molecule has 37 heavy (non-hydrogen) atoms. The zero-order valence-electron chi connectivity index (χ0n) is 20.4. The van der Waals surface area contributed by atoms with Crippen LogP contribution in [0, 0.1) is 5.41 Å². The van der Waals surface area contributed by atoms with Gasteiger partial charge in [0.2, 0.25) is 0 Å². The molecule has 5 nitrogen and oxygen atoms in total. The summed E-state index contributed by atoms with van der Waals surface area (Å²) in [5, 5.41) is 6.13. The standard InChI is InChI=1S/C29H27F3N4O/c1-20-28(27(37)36(33-20)24-10-6-3-7-11-24)17-22-16-23(29(30,31)32)12-13-25(22)35-15-14-34(19-26(28)35)18-21-8-4-2-5-9-21/h2-13,16,26H,14-15,17-19H2,1H3. The van der Waals surface area contributed by atoms with E-state index in [1.807, 2.05) is 55.5 Å². The molecule has 1 spiro atoms. The van der Waals surface area contributed by atoms with Crippen molar-refractivity contribution in [3.63, 3.8) is 0 Å². The highest BCUT2D eigenvalue weighted by Crippen LogP contribution is 2.49. The minimum atomic E-state index is -4.45. The number of carbonyl (C=O) groups excluding carboxylic acids is 1. The van der Waals surface area contributed by atoms with Crippen LogP contribution in [0.1, 0.15) is 23.6 Å². The van der Waals surface area contributed by atoms with Gasteiger partial charge in [-0.15, -0.1) is 0 Å². The number of rotatable bonds is 3. The van der Waals surface area contributed by atoms with Gasteiger partial charge in [0.15, 0.2) is 0 Å². The number of hydrazone groups is 1. The number of piperazine rings is 1. The van der Waals surface area contributed by atoms with Crippen LogP contribution in [-0.2, 0) is 23.9 Å². The fourth-order valence-corrected chi connectivity index (χ4v) is 6.10. The van der Waals surface area contributed by atoms with Gasteiger partial charge in [0.05, 0.1) is 23.0 Å². The molecule has 3 aromatic carbocycles. The second kappa shape index (κ2) is 8.73. The predicted molar refractivity (Wildman–Crippen MR) is 137 cm³/mol. The van der Waals surface area contributed by atoms with Gasteiger partial charge >= 0.3 is 6.18 Å². The van der Waals surface area contributed by atoms with E-state index < -0.39 is 17.2 Å². The summed E-state index contributed by atoms with van der Waals surface area (Å²) in [7, 11) is 0. The average molecular weight is 505 g/mol. The van der Waals surface area contributed by atoms with Crippen LogP contribution in [0.2, 0.25) is 0 Å². The summed E-state index contributed by atoms with van der Waals surface area (Å²) in [6.45, 7) is 4.55. The van der Waals surface area contributed by atoms with Crippen LogP contribution in [0.5, 0.6) is 0 Å². The molecule has 8 heteroatoms. The number of halogens is 3. The van der Waals surface area contributed by atoms with Crippen LogP contribution < -0.4 is 9.91 Å². The van der Waals surface area contributed by atoms with Gasteiger partial charge in [-0.05, 0) is 54.8 Å². The van der Waals surface area contributed by atoms with Gasteiger partial charge in [-0.3, -0.25) is 9.69 Å². The molecule has 190 valence electrons. The number of benzene rings is 3. The average Bonchev–Trinajstić information content (AvgIpc) is 3.14. The number of carbonyl (C=O) groups is 1. The Labute approximate surface area is 213 Å². The van der Waals surface area contributed by atoms with Gasteiger partial charge in [-0.2, -0.15) is 23.3 Å². The molecule has 0 aromatic heterocycles. The van der Waals surface area contributed by atoms with Gasteiger partial charge in [0.1, 0.15) is 5.41 Å². The molecular formula is C29H27F3N4O. The van der Waals surface area contributed by atoms with E-state index in [1.54, 1.807) is 6.07 Å². The van der Waals surface area contributed by atoms with Crippen LogP contribution in [0.3, 0.4) is 0 Å². The fraction of sp³-hybridized carbons (Fsp3) is 0.310. The van der Waals surface area contributed by atoms with Crippen LogP contribution in [0.15, 0.2) is 84.0 Å². The maximum Gasteiger partial charge on any atom is 0.416 e. The molecule has 2 unspecified atom stereocenters. The molecule has 1 amide bonds. The molecule has 3 heterocycles. The molecule has 0 bridgehead atoms. The Morgan fingerprint density at radius 2 is 1.68 bits per heavy atom. The number of amides is 1. The SMILES string of the molecule is CC1=NN(c2ccccc2)C(=O)C12Cc1cc(C(F)(F)F)ccc1N1CCN(Cc3ccccc3)CC12. The molecule has 1 saturated heterocycles. The van der Waals surface area contributed by atoms with E-state index in [0.717, 1.165) is 24.8 Å². The first kappa shape index (κ1) is 23.7. The van der Waals surface area contributed by atoms with E-state index in [0.29, 0.717) is 30.1 Å². The number of anilines is 2. The molecule has 0 radical (unpaired) electrons. The van der Waals surface area contributed by atoms with Crippen molar-refractivity contribution in [2.45, 2.75) is 32.1 Å². The highest BCUT2D eigenvalue weighted by atomic mass is 19.4. The number of fused-ring (bicyclic) bond motifs is 4. The molecule has 0 saturated carbocycles. The lowest BCUT2D eigenvalue weighted by Crippen LogP contribution is -2.66. The van der Waals surface area contributed by atoms with Crippen LogP contribution >= 0.6 is 0 Å². The van der Waals surface area contributed by atoms with Crippen molar-refractivity contribution in [1.82, 2.24) is 4.90 Å². The lowest BCUT2D eigenvalue weighted by molar-refractivity contribution is -0.137. The van der Waals surface area contributed by atoms with Gasteiger partial charge in [-0.1, -0.05) is 48.5 Å². The normalized spacial score (nSPS) is 23.7. The summed E-state index contributed by atoms with van der Waals surface area (Å²) in [4.78, 5) is 18.7. The van der Waals surface area contributed by atoms with Crippen molar-refractivity contribution >= 4 is 23.0 Å². The van der Waals surface area contributed by atoms with Crippen molar-refractivity contribution in [3.05, 3.63) is 95.6 Å². The molecule has 0 N–H and O–H groups in total. The second-order valence-electron chi connectivity index (χ2n) is 10.1. The zero-order chi connectivity index (χ0) is 25.8. The lowest BCUT2D eigenvalue weighted by atomic mass is 9.67. The quantitative estimate of drug-likeness (QED) is 0.482. The molecule has 6 rings (SSSR count). The van der Waals surface area contributed by atoms with Crippen LogP contribution in [0.25, 0.3) is 0 Å². The van der Waals surface area contributed by atoms with E-state index in [2.05, 4.69) is 21.9 Å². The molecule has 2 atom stereocenters. The molecular weight excluding hydrogens is 477 g/mol. The minimum Gasteiger partial charge on any atom is -0.364 e. The Bertz CT molecular complexity index is 1360. The molecule has 3 aromatic rings. The Morgan fingerprint density at radius 3 is 2.38 bits per heavy atom. The summed E-state index contributed by atoms with van der Waals surface area (Å²) in [5.74, 6) is -0.184. The summed E-state index contributed by atoms with van der Waals surface area (Å²) >= 11 is 0. The van der Waals surface area contributed by atoms with E-state index in [4.69, 9.17) is 5.10 Å². The van der Waals surface area contributed by atoms with E-state index in [-0.39, 0.29) is 18.4 Å². The largest absolute Gasteiger partial charge is 0.416 e. The predicted octanol–water partition coefficient (Wildman–Crippen LogP) is 5.36. The van der Waals surface area contributed by atoms with Gasteiger partial charge in [0, 0.05) is 31.9 Å². The minimum absolute atomic E-state index is 0.184. The van der Waals surface area contributed by atoms with Crippen molar-refractivity contribution in [2.24, 2.45) is 10.5 Å². The number of hydrogen-bond donors (Lipinski definition) is 0. The third-order valence-corrected chi connectivity index (χ3v) is 7.94. The fourth-order valence-electron chi connectivity index (χ4n) is 6.10. The number of alkyl halides is 3. The summed E-state index contributed by atoms with van der Waals surface area (Å²) in [5.41, 5.74) is 2.06. The monoisotopic (exact) mass is 504 g/mol. The summed E-state index contributed by atoms with van der Waals surface area (Å²) in [6.07, 6.45) is -4.27. The van der Waals surface area contributed by atoms with Crippen molar-refractivity contribution in [3.8, 4) is 0 Å². The van der Waals surface area contributed by atoms with Crippen molar-refractivity contribution in [1.29, 1.82) is 0 Å². The molecule has 3 aliphatic rings. The molecule has 0 aliphatic carbocycles. The first-order valence-corrected chi connectivity index (χ1v) is 12.5. The number of hydrogen-bond acceptors (Lipinski definition) is 4. The zero-order valence-corrected chi connectivity index (χ0v) is 20.4. The first-order valence-electron chi connectivity index (χ1n) is 12.5. The van der Waals surface area contributed by atoms with Crippen molar-refractivity contribution < 1.29 is 18.0 Å². The lowest BCUT2D eigenvalue weighted by Gasteiger charge is -2.53. The van der Waals surface area contributed by atoms with Gasteiger partial charge in [0.25, 0.3) is 5.91 Å². The van der Waals surface area contributed by atoms with E-state index in [1.165, 1.54) is 16.6 Å². The van der Waals surface area contributed by atoms with Gasteiger partial charge < -0.3 is 4.90 Å². The molecule has 3 aliphatic heterocycles. The summed E-state index contributed by atoms with van der Waals surface area (Å²) in [6, 6.07) is 23.1. The summed E-state index contributed by atoms with van der Waals surface area (Å²) < 4.78 is 40.9. The second-order valence-corrected chi connectivity index (χ2v) is 10.1. The highest BCUT2D eigenvalue weighted by Gasteiger charge is 2.60. The highest BCUT2D eigenvalue weighted by molar-refractivity contribution is 6.20. The Balaban J connectivity index is 1.43. The van der Waals surface area contributed by atoms with Gasteiger partial charge in [-0.25, -0.2) is 0 Å². The van der Waals surface area contributed by atoms with E-state index in [9.17, 15) is 18.0 Å². The van der Waals surface area contributed by atoms with Crippen LogP contribution in [-0.4, -0.2) is 42.2 Å². The topological polar surface area (TPSA) is 39.2 Å². The smallest absolute Gasteiger partial charge is 0.364 e. The maximum absolute atomic E-state index is 14.2. The maximum atomic E-state index is 14.2.